The lowest BCUT2D eigenvalue weighted by molar-refractivity contribution is -0.137. The Kier molecular flexibility index (Phi) is 5.86. The highest BCUT2D eigenvalue weighted by molar-refractivity contribution is 5.66. The van der Waals surface area contributed by atoms with Crippen LogP contribution in [-0.2, 0) is 10.2 Å². The van der Waals surface area contributed by atoms with Gasteiger partial charge in [0.1, 0.15) is 11.5 Å². The van der Waals surface area contributed by atoms with E-state index in [0.717, 1.165) is 12.0 Å². The minimum Gasteiger partial charge on any atom is -0.508 e. The molecule has 0 aliphatic heterocycles. The molecule has 0 spiro atoms. The fourth-order valence-corrected chi connectivity index (χ4v) is 2.98. The van der Waals surface area contributed by atoms with E-state index < -0.39 is 5.97 Å². The first-order chi connectivity index (χ1) is 10.0. The molecule has 0 aliphatic carbocycles. The zero-order chi connectivity index (χ0) is 17.0. The summed E-state index contributed by atoms with van der Waals surface area (Å²) in [6, 6.07) is 5.22. The lowest BCUT2D eigenvalue weighted by atomic mass is 9.72. The maximum atomic E-state index is 10.5. The molecule has 0 amide bonds. The Morgan fingerprint density at radius 3 is 2.36 bits per heavy atom. The molecule has 0 saturated carbocycles. The summed E-state index contributed by atoms with van der Waals surface area (Å²) in [6.07, 6.45) is 1.49. The maximum Gasteiger partial charge on any atom is 0.303 e. The minimum atomic E-state index is -0.818. The summed E-state index contributed by atoms with van der Waals surface area (Å²) in [5, 5.41) is 18.8. The summed E-state index contributed by atoms with van der Waals surface area (Å²) < 4.78 is 5.60. The van der Waals surface area contributed by atoms with Crippen molar-refractivity contribution in [3.63, 3.8) is 0 Å². The van der Waals surface area contributed by atoms with E-state index in [1.54, 1.807) is 12.1 Å². The highest BCUT2D eigenvalue weighted by Gasteiger charge is 2.29. The van der Waals surface area contributed by atoms with Crippen molar-refractivity contribution in [2.75, 3.05) is 6.61 Å². The molecule has 1 rings (SSSR count). The largest absolute Gasteiger partial charge is 0.508 e. The van der Waals surface area contributed by atoms with Gasteiger partial charge >= 0.3 is 5.97 Å². The second kappa shape index (κ2) is 7.03. The van der Waals surface area contributed by atoms with E-state index >= 15 is 0 Å². The second-order valence-electron chi connectivity index (χ2n) is 7.65. The molecule has 0 atom stereocenters. The van der Waals surface area contributed by atoms with Crippen molar-refractivity contribution in [2.45, 2.75) is 59.3 Å². The Hall–Kier alpha value is -1.71. The van der Waals surface area contributed by atoms with E-state index in [9.17, 15) is 9.90 Å². The summed E-state index contributed by atoms with van der Waals surface area (Å²) in [4.78, 5) is 10.5. The van der Waals surface area contributed by atoms with Gasteiger partial charge in [-0.2, -0.15) is 0 Å². The van der Waals surface area contributed by atoms with Crippen LogP contribution in [0.4, 0.5) is 0 Å². The van der Waals surface area contributed by atoms with Gasteiger partial charge < -0.3 is 14.9 Å². The van der Waals surface area contributed by atoms with Crippen LogP contribution < -0.4 is 4.74 Å². The number of phenolic OH excluding ortho intramolecular Hbond substituents is 1. The predicted octanol–water partition coefficient (Wildman–Crippen LogP) is 4.35. The van der Waals surface area contributed by atoms with Crippen molar-refractivity contribution < 1.29 is 19.7 Å². The Balaban J connectivity index is 2.83. The van der Waals surface area contributed by atoms with Crippen LogP contribution in [-0.4, -0.2) is 22.8 Å². The van der Waals surface area contributed by atoms with E-state index in [1.807, 2.05) is 6.07 Å². The van der Waals surface area contributed by atoms with Gasteiger partial charge in [0.15, 0.2) is 0 Å². The Labute approximate surface area is 133 Å². The molecule has 4 heteroatoms. The number of hydrogen-bond acceptors (Lipinski definition) is 3. The third-order valence-corrected chi connectivity index (χ3v) is 3.47. The van der Waals surface area contributed by atoms with Crippen molar-refractivity contribution in [1.82, 2.24) is 0 Å². The molecule has 0 fully saturated rings. The van der Waals surface area contributed by atoms with Gasteiger partial charge in [-0.3, -0.25) is 4.79 Å². The van der Waals surface area contributed by atoms with Gasteiger partial charge in [-0.1, -0.05) is 34.6 Å². The van der Waals surface area contributed by atoms with Crippen LogP contribution in [0.15, 0.2) is 18.2 Å². The minimum absolute atomic E-state index is 0.0977. The molecule has 0 unspecified atom stereocenters. The third-order valence-electron chi connectivity index (χ3n) is 3.47. The van der Waals surface area contributed by atoms with E-state index in [1.165, 1.54) is 0 Å². The average molecular weight is 308 g/mol. The molecular weight excluding hydrogens is 280 g/mol. The summed E-state index contributed by atoms with van der Waals surface area (Å²) in [5.74, 6) is 0.119. The zero-order valence-corrected chi connectivity index (χ0v) is 14.3. The van der Waals surface area contributed by atoms with E-state index in [2.05, 4.69) is 34.6 Å². The Bertz CT molecular complexity index is 512. The van der Waals surface area contributed by atoms with Crippen molar-refractivity contribution in [1.29, 1.82) is 0 Å². The molecule has 0 aliphatic rings. The lowest BCUT2D eigenvalue weighted by Gasteiger charge is -2.33. The highest BCUT2D eigenvalue weighted by Crippen LogP contribution is 2.41. The quantitative estimate of drug-likeness (QED) is 0.735. The fraction of sp³-hybridized carbons (Fsp3) is 0.611. The van der Waals surface area contributed by atoms with Crippen LogP contribution in [0.25, 0.3) is 0 Å². The van der Waals surface area contributed by atoms with Crippen molar-refractivity contribution in [3.05, 3.63) is 23.8 Å². The van der Waals surface area contributed by atoms with Gasteiger partial charge in [0.25, 0.3) is 0 Å². The molecule has 0 heterocycles. The topological polar surface area (TPSA) is 66.8 Å². The average Bonchev–Trinajstić information content (AvgIpc) is 2.33. The molecule has 0 bridgehead atoms. The predicted molar refractivity (Wildman–Crippen MR) is 87.6 cm³/mol. The van der Waals surface area contributed by atoms with Crippen LogP contribution in [0.3, 0.4) is 0 Å². The molecule has 22 heavy (non-hydrogen) atoms. The summed E-state index contributed by atoms with van der Waals surface area (Å²) in [7, 11) is 0. The van der Waals surface area contributed by atoms with Gasteiger partial charge in [0, 0.05) is 12.0 Å². The number of benzene rings is 1. The van der Waals surface area contributed by atoms with Crippen LogP contribution in [0.5, 0.6) is 11.5 Å². The fourth-order valence-electron chi connectivity index (χ4n) is 2.98. The number of aromatic hydroxyl groups is 1. The number of phenols is 1. The first kappa shape index (κ1) is 18.3. The molecule has 124 valence electrons. The number of carboxylic acid groups (broad SMARTS) is 1. The molecule has 0 radical (unpaired) electrons. The molecule has 1 aromatic carbocycles. The number of carboxylic acids is 1. The van der Waals surface area contributed by atoms with Gasteiger partial charge in [-0.25, -0.2) is 0 Å². The zero-order valence-electron chi connectivity index (χ0n) is 14.3. The first-order valence-corrected chi connectivity index (χ1v) is 7.69. The summed E-state index contributed by atoms with van der Waals surface area (Å²) in [6.45, 7) is 11.1. The molecule has 1 aromatic rings. The first-order valence-electron chi connectivity index (χ1n) is 7.69. The van der Waals surface area contributed by atoms with E-state index in [-0.39, 0.29) is 23.0 Å². The molecular formula is C18H28O4. The number of aliphatic carboxylic acids is 1. The SMILES string of the molecule is CC(C)(C)CC(C)(C)c1cc(OCCCC(=O)O)ccc1O. The summed E-state index contributed by atoms with van der Waals surface area (Å²) in [5.41, 5.74) is 0.829. The molecule has 0 aromatic heterocycles. The van der Waals surface area contributed by atoms with Crippen LogP contribution in [0, 0.1) is 5.41 Å². The lowest BCUT2D eigenvalue weighted by Crippen LogP contribution is -2.25. The highest BCUT2D eigenvalue weighted by atomic mass is 16.5. The monoisotopic (exact) mass is 308 g/mol. The standard InChI is InChI=1S/C18H28O4/c1-17(2,3)12-18(4,5)14-11-13(8-9-15(14)19)22-10-6-7-16(20)21/h8-9,11,19H,6-7,10,12H2,1-5H3,(H,20,21). The normalized spacial score (nSPS) is 12.2. The number of rotatable bonds is 7. The van der Waals surface area contributed by atoms with Crippen LogP contribution in [0.1, 0.15) is 59.4 Å². The van der Waals surface area contributed by atoms with E-state index in [4.69, 9.17) is 9.84 Å². The van der Waals surface area contributed by atoms with Crippen LogP contribution >= 0.6 is 0 Å². The number of ether oxygens (including phenoxy) is 1. The maximum absolute atomic E-state index is 10.5. The number of hydrogen-bond donors (Lipinski definition) is 2. The molecule has 4 nitrogen and oxygen atoms in total. The van der Waals surface area contributed by atoms with E-state index in [0.29, 0.717) is 18.8 Å². The Morgan fingerprint density at radius 2 is 1.82 bits per heavy atom. The van der Waals surface area contributed by atoms with Gasteiger partial charge in [-0.15, -0.1) is 0 Å². The molecule has 0 saturated heterocycles. The van der Waals surface area contributed by atoms with Crippen molar-refractivity contribution in [3.8, 4) is 11.5 Å². The second-order valence-corrected chi connectivity index (χ2v) is 7.65. The smallest absolute Gasteiger partial charge is 0.303 e. The summed E-state index contributed by atoms with van der Waals surface area (Å²) >= 11 is 0. The van der Waals surface area contributed by atoms with Gasteiger partial charge in [-0.05, 0) is 41.9 Å². The van der Waals surface area contributed by atoms with Gasteiger partial charge in [0.05, 0.1) is 6.61 Å². The van der Waals surface area contributed by atoms with Crippen molar-refractivity contribution in [2.24, 2.45) is 5.41 Å². The third kappa shape index (κ3) is 5.96. The van der Waals surface area contributed by atoms with Crippen molar-refractivity contribution >= 4 is 5.97 Å². The Morgan fingerprint density at radius 1 is 1.18 bits per heavy atom. The van der Waals surface area contributed by atoms with Crippen LogP contribution in [0.2, 0.25) is 0 Å². The molecule has 2 N–H and O–H groups in total. The van der Waals surface area contributed by atoms with Gasteiger partial charge in [0.2, 0.25) is 0 Å². The number of carbonyl (C=O) groups is 1.